The lowest BCUT2D eigenvalue weighted by molar-refractivity contribution is 0.436. The van der Waals surface area contributed by atoms with Gasteiger partial charge in [0.2, 0.25) is 0 Å². The van der Waals surface area contributed by atoms with Gasteiger partial charge in [0.1, 0.15) is 5.75 Å². The molecule has 2 aromatic rings. The highest BCUT2D eigenvalue weighted by Crippen LogP contribution is 2.35. The van der Waals surface area contributed by atoms with E-state index in [0.717, 1.165) is 5.56 Å². The van der Waals surface area contributed by atoms with Gasteiger partial charge in [0.15, 0.2) is 11.6 Å². The van der Waals surface area contributed by atoms with Gasteiger partial charge in [-0.2, -0.15) is 0 Å². The molecule has 0 aliphatic heterocycles. The first-order valence-electron chi connectivity index (χ1n) is 6.13. The van der Waals surface area contributed by atoms with Gasteiger partial charge in [0.05, 0.1) is 5.02 Å². The minimum atomic E-state index is -0.453. The van der Waals surface area contributed by atoms with Gasteiger partial charge >= 0.3 is 0 Å². The maximum atomic E-state index is 13.8. The lowest BCUT2D eigenvalue weighted by Gasteiger charge is -2.14. The van der Waals surface area contributed by atoms with Crippen molar-refractivity contribution in [2.24, 2.45) is 5.73 Å². The van der Waals surface area contributed by atoms with E-state index in [1.807, 2.05) is 19.1 Å². The van der Waals surface area contributed by atoms with Crippen LogP contribution in [0.15, 0.2) is 40.9 Å². The van der Waals surface area contributed by atoms with Crippen molar-refractivity contribution in [1.29, 1.82) is 0 Å². The Bertz CT molecular complexity index is 619. The number of benzene rings is 2. The first-order valence-corrected chi connectivity index (χ1v) is 7.30. The maximum Gasteiger partial charge on any atom is 0.166 e. The van der Waals surface area contributed by atoms with Crippen LogP contribution in [0.5, 0.6) is 11.5 Å². The van der Waals surface area contributed by atoms with Crippen LogP contribution in [-0.4, -0.2) is 6.04 Å². The molecule has 2 nitrogen and oxygen atoms in total. The monoisotopic (exact) mass is 357 g/mol. The Balaban J connectivity index is 2.37. The van der Waals surface area contributed by atoms with Gasteiger partial charge in [-0.1, -0.05) is 39.7 Å². The fourth-order valence-corrected chi connectivity index (χ4v) is 2.41. The van der Waals surface area contributed by atoms with Crippen LogP contribution in [0.2, 0.25) is 5.02 Å². The number of halogens is 3. The Morgan fingerprint density at radius 1 is 1.35 bits per heavy atom. The minimum Gasteiger partial charge on any atom is -0.452 e. The van der Waals surface area contributed by atoms with Gasteiger partial charge < -0.3 is 10.5 Å². The van der Waals surface area contributed by atoms with Crippen LogP contribution in [0.1, 0.15) is 12.5 Å². The van der Waals surface area contributed by atoms with E-state index in [1.165, 1.54) is 6.07 Å². The second-order valence-corrected chi connectivity index (χ2v) is 5.91. The molecule has 0 radical (unpaired) electrons. The zero-order chi connectivity index (χ0) is 14.7. The Morgan fingerprint density at radius 2 is 2.10 bits per heavy atom. The van der Waals surface area contributed by atoms with Crippen molar-refractivity contribution in [3.63, 3.8) is 0 Å². The van der Waals surface area contributed by atoms with E-state index in [1.54, 1.807) is 18.2 Å². The van der Waals surface area contributed by atoms with Gasteiger partial charge in [-0.15, -0.1) is 0 Å². The zero-order valence-corrected chi connectivity index (χ0v) is 13.2. The molecule has 0 aliphatic rings. The number of rotatable bonds is 4. The van der Waals surface area contributed by atoms with Crippen LogP contribution >= 0.6 is 27.5 Å². The van der Waals surface area contributed by atoms with Crippen molar-refractivity contribution >= 4 is 27.5 Å². The summed E-state index contributed by atoms with van der Waals surface area (Å²) in [6.45, 7) is 1.89. The summed E-state index contributed by atoms with van der Waals surface area (Å²) in [5.74, 6) is 0.131. The molecule has 0 spiro atoms. The fourth-order valence-electron chi connectivity index (χ4n) is 1.84. The van der Waals surface area contributed by atoms with Crippen LogP contribution in [0.25, 0.3) is 0 Å². The number of ether oxygens (including phenoxy) is 1. The third-order valence-electron chi connectivity index (χ3n) is 2.70. The molecule has 0 saturated heterocycles. The van der Waals surface area contributed by atoms with Gasteiger partial charge in [0, 0.05) is 10.5 Å². The standard InChI is InChI=1S/C15H14BrClFNO/c1-9(19)7-10-3-2-4-12(17)15(10)20-14-6-5-11(16)8-13(14)18/h2-6,8-9H,7,19H2,1H3. The van der Waals surface area contributed by atoms with Gasteiger partial charge in [-0.25, -0.2) is 4.39 Å². The molecule has 0 aliphatic carbocycles. The Kier molecular flexibility index (Phi) is 5.02. The van der Waals surface area contributed by atoms with Crippen LogP contribution in [0.3, 0.4) is 0 Å². The Labute approximate surface area is 130 Å². The topological polar surface area (TPSA) is 35.2 Å². The van der Waals surface area contributed by atoms with Crippen LogP contribution in [-0.2, 0) is 6.42 Å². The van der Waals surface area contributed by atoms with Crippen LogP contribution in [0.4, 0.5) is 4.39 Å². The van der Waals surface area contributed by atoms with Gasteiger partial charge in [0.25, 0.3) is 0 Å². The minimum absolute atomic E-state index is 0.0365. The molecular formula is C15H14BrClFNO. The number of hydrogen-bond acceptors (Lipinski definition) is 2. The van der Waals surface area contributed by atoms with Crippen molar-refractivity contribution in [1.82, 2.24) is 0 Å². The van der Waals surface area contributed by atoms with Crippen molar-refractivity contribution in [2.45, 2.75) is 19.4 Å². The van der Waals surface area contributed by atoms with E-state index in [4.69, 9.17) is 22.1 Å². The first kappa shape index (κ1) is 15.3. The number of para-hydroxylation sites is 1. The second kappa shape index (κ2) is 6.57. The molecule has 0 fully saturated rings. The molecule has 1 atom stereocenters. The van der Waals surface area contributed by atoms with Crippen LogP contribution < -0.4 is 10.5 Å². The third-order valence-corrected chi connectivity index (χ3v) is 3.49. The lowest BCUT2D eigenvalue weighted by Crippen LogP contribution is -2.18. The zero-order valence-electron chi connectivity index (χ0n) is 10.9. The van der Waals surface area contributed by atoms with Crippen LogP contribution in [0, 0.1) is 5.82 Å². The van der Waals surface area contributed by atoms with E-state index >= 15 is 0 Å². The molecular weight excluding hydrogens is 345 g/mol. The highest BCUT2D eigenvalue weighted by atomic mass is 79.9. The molecule has 2 rings (SSSR count). The normalized spacial score (nSPS) is 12.2. The lowest BCUT2D eigenvalue weighted by atomic mass is 10.1. The van der Waals surface area contributed by atoms with E-state index in [2.05, 4.69) is 15.9 Å². The summed E-state index contributed by atoms with van der Waals surface area (Å²) in [7, 11) is 0. The third kappa shape index (κ3) is 3.72. The molecule has 0 heterocycles. The summed E-state index contributed by atoms with van der Waals surface area (Å²) in [6, 6.07) is 9.98. The van der Waals surface area contributed by atoms with Crippen molar-refractivity contribution in [2.75, 3.05) is 0 Å². The largest absolute Gasteiger partial charge is 0.452 e. The molecule has 0 amide bonds. The molecule has 2 aromatic carbocycles. The highest BCUT2D eigenvalue weighted by Gasteiger charge is 2.13. The Morgan fingerprint density at radius 3 is 2.75 bits per heavy atom. The summed E-state index contributed by atoms with van der Waals surface area (Å²) in [5.41, 5.74) is 6.66. The first-order chi connectivity index (χ1) is 9.47. The van der Waals surface area contributed by atoms with Crippen molar-refractivity contribution in [3.05, 3.63) is 57.3 Å². The Hall–Kier alpha value is -1.10. The van der Waals surface area contributed by atoms with Crippen molar-refractivity contribution < 1.29 is 9.13 Å². The summed E-state index contributed by atoms with van der Waals surface area (Å²) < 4.78 is 20.1. The van der Waals surface area contributed by atoms with E-state index in [0.29, 0.717) is 21.7 Å². The highest BCUT2D eigenvalue weighted by molar-refractivity contribution is 9.10. The molecule has 1 unspecified atom stereocenters. The van der Waals surface area contributed by atoms with Crippen molar-refractivity contribution in [3.8, 4) is 11.5 Å². The summed E-state index contributed by atoms with van der Waals surface area (Å²) >= 11 is 9.35. The number of hydrogen-bond donors (Lipinski definition) is 1. The SMILES string of the molecule is CC(N)Cc1cccc(Cl)c1Oc1ccc(Br)cc1F. The average Bonchev–Trinajstić information content (AvgIpc) is 2.35. The van der Waals surface area contributed by atoms with Gasteiger partial charge in [-0.3, -0.25) is 0 Å². The molecule has 0 saturated carbocycles. The maximum absolute atomic E-state index is 13.8. The fraction of sp³-hybridized carbons (Fsp3) is 0.200. The smallest absolute Gasteiger partial charge is 0.166 e. The molecule has 5 heteroatoms. The number of nitrogens with two attached hydrogens (primary N) is 1. The molecule has 0 bridgehead atoms. The van der Waals surface area contributed by atoms with E-state index < -0.39 is 5.82 Å². The summed E-state index contributed by atoms with van der Waals surface area (Å²) in [4.78, 5) is 0. The predicted octanol–water partition coefficient (Wildman–Crippen LogP) is 4.92. The molecule has 20 heavy (non-hydrogen) atoms. The molecule has 0 aromatic heterocycles. The van der Waals surface area contributed by atoms with E-state index in [9.17, 15) is 4.39 Å². The predicted molar refractivity (Wildman–Crippen MR) is 83.0 cm³/mol. The average molecular weight is 359 g/mol. The quantitative estimate of drug-likeness (QED) is 0.841. The molecule has 106 valence electrons. The molecule has 2 N–H and O–H groups in total. The second-order valence-electron chi connectivity index (χ2n) is 4.59. The summed E-state index contributed by atoms with van der Waals surface area (Å²) in [5, 5.41) is 0.436. The summed E-state index contributed by atoms with van der Waals surface area (Å²) in [6.07, 6.45) is 0.605. The van der Waals surface area contributed by atoms with Gasteiger partial charge in [-0.05, 0) is 43.2 Å². The van der Waals surface area contributed by atoms with E-state index in [-0.39, 0.29) is 11.8 Å².